The highest BCUT2D eigenvalue weighted by Crippen LogP contribution is 2.29. The molecule has 1 atom stereocenters. The molecule has 4 heterocycles. The van der Waals surface area contributed by atoms with E-state index in [2.05, 4.69) is 30.9 Å². The molecule has 4 aromatic rings. The Balaban J connectivity index is 1.36. The zero-order valence-electron chi connectivity index (χ0n) is 15.5. The molecule has 1 aliphatic rings. The molecule has 0 saturated carbocycles. The summed E-state index contributed by atoms with van der Waals surface area (Å²) < 4.78 is 7.54. The molecular weight excluding hydrogens is 370 g/mol. The lowest BCUT2D eigenvalue weighted by Gasteiger charge is -2.11. The largest absolute Gasteiger partial charge is 0.434 e. The molecular formula is C20H17N7O2. The van der Waals surface area contributed by atoms with Crippen molar-refractivity contribution in [2.24, 2.45) is 12.1 Å². The Kier molecular flexibility index (Phi) is 3.98. The van der Waals surface area contributed by atoms with E-state index in [0.717, 1.165) is 27.7 Å². The van der Waals surface area contributed by atoms with Gasteiger partial charge < -0.3 is 9.72 Å². The lowest BCUT2D eigenvalue weighted by Crippen LogP contribution is -2.30. The highest BCUT2D eigenvalue weighted by Gasteiger charge is 2.26. The summed E-state index contributed by atoms with van der Waals surface area (Å²) in [5.41, 5.74) is 6.93. The fraction of sp³-hybridized carbons (Fsp3) is 0.100. The first-order valence-electron chi connectivity index (χ1n) is 9.00. The predicted octanol–water partition coefficient (Wildman–Crippen LogP) is 2.28. The van der Waals surface area contributed by atoms with E-state index < -0.39 is 6.23 Å². The Labute approximate surface area is 165 Å². The molecule has 1 amide bonds. The third-order valence-corrected chi connectivity index (χ3v) is 4.65. The number of nitrogens with one attached hydrogen (secondary N) is 3. The van der Waals surface area contributed by atoms with E-state index in [1.807, 2.05) is 31.6 Å². The van der Waals surface area contributed by atoms with E-state index in [1.165, 1.54) is 0 Å². The quantitative estimate of drug-likeness (QED) is 0.500. The number of hydrazone groups is 1. The molecule has 29 heavy (non-hydrogen) atoms. The van der Waals surface area contributed by atoms with Crippen LogP contribution in [-0.2, 0) is 11.8 Å². The molecule has 1 aromatic carbocycles. The molecule has 0 saturated heterocycles. The second-order valence-corrected chi connectivity index (χ2v) is 6.63. The van der Waals surface area contributed by atoms with Crippen molar-refractivity contribution in [1.82, 2.24) is 30.5 Å². The van der Waals surface area contributed by atoms with Crippen molar-refractivity contribution >= 4 is 23.0 Å². The second kappa shape index (κ2) is 6.79. The lowest BCUT2D eigenvalue weighted by atomic mass is 10.1. The van der Waals surface area contributed by atoms with Crippen LogP contribution in [0.3, 0.4) is 0 Å². The number of H-pyrrole nitrogens is 1. The van der Waals surface area contributed by atoms with Gasteiger partial charge in [-0.15, -0.1) is 5.10 Å². The van der Waals surface area contributed by atoms with Crippen LogP contribution in [0, 0.1) is 0 Å². The number of carbonyl (C=O) groups excluding carboxylic acids is 1. The van der Waals surface area contributed by atoms with Gasteiger partial charge in [-0.2, -0.15) is 5.10 Å². The van der Waals surface area contributed by atoms with E-state index in [-0.39, 0.29) is 11.9 Å². The van der Waals surface area contributed by atoms with Gasteiger partial charge in [0.05, 0.1) is 6.20 Å². The molecule has 1 unspecified atom stereocenters. The van der Waals surface area contributed by atoms with Crippen molar-refractivity contribution in [2.75, 3.05) is 0 Å². The Bertz CT molecular complexity index is 1230. The molecule has 3 aromatic heterocycles. The van der Waals surface area contributed by atoms with Gasteiger partial charge in [0.15, 0.2) is 0 Å². The number of fused-ring (bicyclic) bond motifs is 1. The van der Waals surface area contributed by atoms with Crippen molar-refractivity contribution in [2.45, 2.75) is 6.23 Å². The lowest BCUT2D eigenvalue weighted by molar-refractivity contribution is 0.0960. The number of hydrogen-bond donors (Lipinski definition) is 3. The number of carbonyl (C=O) groups is 1. The van der Waals surface area contributed by atoms with Crippen molar-refractivity contribution < 1.29 is 9.53 Å². The van der Waals surface area contributed by atoms with E-state index >= 15 is 0 Å². The SMILES string of the molecule is Cn1cc(-c2cnc3[nH]cc(C4NN=C(NC(=O)c5ccccc5)O4)c3c2)cn1. The van der Waals surface area contributed by atoms with Crippen LogP contribution in [0.4, 0.5) is 0 Å². The Morgan fingerprint density at radius 2 is 2.07 bits per heavy atom. The molecule has 9 nitrogen and oxygen atoms in total. The van der Waals surface area contributed by atoms with Gasteiger partial charge in [-0.3, -0.25) is 20.2 Å². The van der Waals surface area contributed by atoms with Crippen molar-refractivity contribution in [3.05, 3.63) is 72.3 Å². The van der Waals surface area contributed by atoms with Gasteiger partial charge in [-0.05, 0) is 18.2 Å². The van der Waals surface area contributed by atoms with Gasteiger partial charge in [0.2, 0.25) is 6.23 Å². The summed E-state index contributed by atoms with van der Waals surface area (Å²) >= 11 is 0. The predicted molar refractivity (Wildman–Crippen MR) is 107 cm³/mol. The first-order valence-corrected chi connectivity index (χ1v) is 9.00. The van der Waals surface area contributed by atoms with Crippen LogP contribution in [0.2, 0.25) is 0 Å². The summed E-state index contributed by atoms with van der Waals surface area (Å²) in [7, 11) is 1.87. The molecule has 0 fully saturated rings. The number of aromatic nitrogens is 4. The molecule has 9 heteroatoms. The van der Waals surface area contributed by atoms with Gasteiger partial charge in [0, 0.05) is 53.3 Å². The molecule has 0 aliphatic carbocycles. The minimum atomic E-state index is -0.541. The van der Waals surface area contributed by atoms with Crippen LogP contribution in [0.25, 0.3) is 22.2 Å². The van der Waals surface area contributed by atoms with E-state index in [9.17, 15) is 4.79 Å². The third kappa shape index (κ3) is 3.18. The number of aryl methyl sites for hydroxylation is 1. The topological polar surface area (TPSA) is 109 Å². The highest BCUT2D eigenvalue weighted by atomic mass is 16.5. The monoisotopic (exact) mass is 387 g/mol. The zero-order chi connectivity index (χ0) is 19.8. The number of rotatable bonds is 3. The maximum Gasteiger partial charge on any atom is 0.315 e. The van der Waals surface area contributed by atoms with Crippen LogP contribution in [0.15, 0.2) is 66.3 Å². The molecule has 144 valence electrons. The van der Waals surface area contributed by atoms with E-state index in [0.29, 0.717) is 5.56 Å². The second-order valence-electron chi connectivity index (χ2n) is 6.63. The summed E-state index contributed by atoms with van der Waals surface area (Å²) in [5.74, 6) is -0.286. The maximum atomic E-state index is 12.3. The van der Waals surface area contributed by atoms with Gasteiger partial charge in [-0.1, -0.05) is 18.2 Å². The summed E-state index contributed by atoms with van der Waals surface area (Å²) in [6.45, 7) is 0. The fourth-order valence-electron chi connectivity index (χ4n) is 3.20. The van der Waals surface area contributed by atoms with Crippen LogP contribution in [0.1, 0.15) is 22.1 Å². The van der Waals surface area contributed by atoms with Gasteiger partial charge in [0.25, 0.3) is 5.91 Å². The molecule has 0 bridgehead atoms. The summed E-state index contributed by atoms with van der Waals surface area (Å²) in [6, 6.07) is 11.0. The first kappa shape index (κ1) is 17.0. The number of amides is 1. The number of hydrogen-bond acceptors (Lipinski definition) is 6. The zero-order valence-corrected chi connectivity index (χ0v) is 15.5. The molecule has 0 radical (unpaired) electrons. The Morgan fingerprint density at radius 1 is 1.21 bits per heavy atom. The van der Waals surface area contributed by atoms with Crippen LogP contribution < -0.4 is 10.7 Å². The standard InChI is InChI=1S/C20H17N7O2/c1-27-11-14(9-23-27)13-7-15-16(10-22-17(15)21-8-13)19-25-26-20(29-19)24-18(28)12-5-3-2-4-6-12/h2-11,19,25H,1H3,(H,21,22)(H,24,26,28). The molecule has 0 spiro atoms. The minimum absolute atomic E-state index is 0.120. The normalized spacial score (nSPS) is 15.6. The van der Waals surface area contributed by atoms with Gasteiger partial charge >= 0.3 is 6.02 Å². The van der Waals surface area contributed by atoms with Crippen molar-refractivity contribution in [3.63, 3.8) is 0 Å². The summed E-state index contributed by atoms with van der Waals surface area (Å²) in [4.78, 5) is 19.9. The first-order chi connectivity index (χ1) is 14.2. The fourth-order valence-corrected chi connectivity index (χ4v) is 3.20. The number of benzene rings is 1. The smallest absolute Gasteiger partial charge is 0.315 e. The van der Waals surface area contributed by atoms with E-state index in [1.54, 1.807) is 41.3 Å². The number of ether oxygens (including phenoxy) is 1. The van der Waals surface area contributed by atoms with Gasteiger partial charge in [0.1, 0.15) is 5.65 Å². The number of amidine groups is 1. The maximum absolute atomic E-state index is 12.3. The minimum Gasteiger partial charge on any atom is -0.434 e. The molecule has 1 aliphatic heterocycles. The van der Waals surface area contributed by atoms with Crippen LogP contribution in [0.5, 0.6) is 0 Å². The average Bonchev–Trinajstić information content (AvgIpc) is 3.47. The van der Waals surface area contributed by atoms with Crippen molar-refractivity contribution in [3.8, 4) is 11.1 Å². The van der Waals surface area contributed by atoms with Crippen LogP contribution >= 0.6 is 0 Å². The Hall–Kier alpha value is -4.14. The third-order valence-electron chi connectivity index (χ3n) is 4.65. The molecule has 5 rings (SSSR count). The Morgan fingerprint density at radius 3 is 2.86 bits per heavy atom. The van der Waals surface area contributed by atoms with E-state index in [4.69, 9.17) is 4.74 Å². The number of nitrogens with zero attached hydrogens (tertiary/aromatic N) is 4. The van der Waals surface area contributed by atoms with Gasteiger partial charge in [-0.25, -0.2) is 4.98 Å². The number of aromatic amines is 1. The summed E-state index contributed by atoms with van der Waals surface area (Å²) in [5, 5.41) is 11.9. The van der Waals surface area contributed by atoms with Crippen molar-refractivity contribution in [1.29, 1.82) is 0 Å². The van der Waals surface area contributed by atoms with Crippen LogP contribution in [-0.4, -0.2) is 31.7 Å². The highest BCUT2D eigenvalue weighted by molar-refractivity contribution is 6.04. The number of pyridine rings is 1. The average molecular weight is 387 g/mol. The molecule has 3 N–H and O–H groups in total. The summed E-state index contributed by atoms with van der Waals surface area (Å²) in [6.07, 6.45) is 6.80.